The zero-order valence-corrected chi connectivity index (χ0v) is 17.6. The first-order valence-electron chi connectivity index (χ1n) is 11.2. The molecule has 31 heavy (non-hydrogen) atoms. The van der Waals surface area contributed by atoms with E-state index < -0.39 is 0 Å². The smallest absolute Gasteiger partial charge is 0.253 e. The van der Waals surface area contributed by atoms with Crippen molar-refractivity contribution in [1.29, 1.82) is 0 Å². The number of imide groups is 1. The SMILES string of the molecule is O=C(CCN1C(=O)[C@H]2CCCC[C@H]2C1=O)Nc1ccccc1C(=O)NC[C@H]1CCCO1. The van der Waals surface area contributed by atoms with E-state index in [0.29, 0.717) is 17.8 Å². The summed E-state index contributed by atoms with van der Waals surface area (Å²) in [5.41, 5.74) is 0.776. The lowest BCUT2D eigenvalue weighted by atomic mass is 9.81. The van der Waals surface area contributed by atoms with E-state index in [1.165, 1.54) is 4.90 Å². The number of fused-ring (bicyclic) bond motifs is 1. The molecule has 8 nitrogen and oxygen atoms in total. The second-order valence-electron chi connectivity index (χ2n) is 8.51. The first kappa shape index (κ1) is 21.5. The number of hydrogen-bond acceptors (Lipinski definition) is 5. The van der Waals surface area contributed by atoms with Crippen LogP contribution in [-0.2, 0) is 19.1 Å². The third kappa shape index (κ3) is 4.79. The van der Waals surface area contributed by atoms with Gasteiger partial charge in [-0.2, -0.15) is 0 Å². The van der Waals surface area contributed by atoms with Gasteiger partial charge in [-0.15, -0.1) is 0 Å². The maximum Gasteiger partial charge on any atom is 0.253 e. The molecular formula is C23H29N3O5. The summed E-state index contributed by atoms with van der Waals surface area (Å²) in [5.74, 6) is -1.32. The van der Waals surface area contributed by atoms with Crippen molar-refractivity contribution in [2.75, 3.05) is 25.0 Å². The van der Waals surface area contributed by atoms with E-state index >= 15 is 0 Å². The molecule has 3 aliphatic rings. The first-order valence-corrected chi connectivity index (χ1v) is 11.2. The molecule has 0 aromatic heterocycles. The molecule has 0 radical (unpaired) electrons. The van der Waals surface area contributed by atoms with E-state index in [1.54, 1.807) is 24.3 Å². The molecule has 2 aliphatic heterocycles. The Morgan fingerprint density at radius 2 is 1.71 bits per heavy atom. The lowest BCUT2D eigenvalue weighted by molar-refractivity contribution is -0.140. The fraction of sp³-hybridized carbons (Fsp3) is 0.565. The van der Waals surface area contributed by atoms with Crippen molar-refractivity contribution in [2.24, 2.45) is 11.8 Å². The Labute approximate surface area is 181 Å². The fourth-order valence-electron chi connectivity index (χ4n) is 4.77. The van der Waals surface area contributed by atoms with Crippen molar-refractivity contribution >= 4 is 29.3 Å². The number of nitrogens with zero attached hydrogens (tertiary/aromatic N) is 1. The summed E-state index contributed by atoms with van der Waals surface area (Å²) >= 11 is 0. The number of carbonyl (C=O) groups is 4. The van der Waals surface area contributed by atoms with E-state index in [1.807, 2.05) is 0 Å². The molecule has 0 bridgehead atoms. The van der Waals surface area contributed by atoms with Crippen LogP contribution in [0.2, 0.25) is 0 Å². The molecule has 1 aromatic carbocycles. The molecule has 1 saturated carbocycles. The molecule has 0 unspecified atom stereocenters. The van der Waals surface area contributed by atoms with Crippen molar-refractivity contribution in [3.05, 3.63) is 29.8 Å². The number of carbonyl (C=O) groups excluding carboxylic acids is 4. The lowest BCUT2D eigenvalue weighted by Crippen LogP contribution is -2.34. The Bertz CT molecular complexity index is 841. The number of hydrogen-bond donors (Lipinski definition) is 2. The third-order valence-corrected chi connectivity index (χ3v) is 6.45. The summed E-state index contributed by atoms with van der Waals surface area (Å²) in [6, 6.07) is 6.79. The van der Waals surface area contributed by atoms with E-state index in [2.05, 4.69) is 10.6 Å². The van der Waals surface area contributed by atoms with Crippen LogP contribution in [0.4, 0.5) is 5.69 Å². The normalized spacial score (nSPS) is 25.4. The zero-order valence-electron chi connectivity index (χ0n) is 17.6. The van der Waals surface area contributed by atoms with Gasteiger partial charge in [-0.05, 0) is 37.8 Å². The van der Waals surface area contributed by atoms with Crippen LogP contribution in [0.15, 0.2) is 24.3 Å². The second kappa shape index (κ2) is 9.60. The molecule has 2 saturated heterocycles. The van der Waals surface area contributed by atoms with Gasteiger partial charge in [0, 0.05) is 26.1 Å². The summed E-state index contributed by atoms with van der Waals surface area (Å²) in [5, 5.41) is 5.61. The number of likely N-dealkylation sites (tertiary alicyclic amines) is 1. The molecule has 3 atom stereocenters. The second-order valence-corrected chi connectivity index (χ2v) is 8.51. The van der Waals surface area contributed by atoms with Crippen LogP contribution in [0.1, 0.15) is 55.3 Å². The highest BCUT2D eigenvalue weighted by Gasteiger charge is 2.47. The number of anilines is 1. The first-order chi connectivity index (χ1) is 15.0. The Balaban J connectivity index is 1.32. The molecule has 3 fully saturated rings. The predicted molar refractivity (Wildman–Crippen MR) is 113 cm³/mol. The van der Waals surface area contributed by atoms with Crippen molar-refractivity contribution in [2.45, 2.75) is 51.0 Å². The summed E-state index contributed by atoms with van der Waals surface area (Å²) in [6.07, 6.45) is 5.41. The highest BCUT2D eigenvalue weighted by atomic mass is 16.5. The van der Waals surface area contributed by atoms with Gasteiger partial charge in [-0.1, -0.05) is 25.0 Å². The summed E-state index contributed by atoms with van der Waals surface area (Å²) in [6.45, 7) is 1.23. The van der Waals surface area contributed by atoms with Crippen molar-refractivity contribution in [3.8, 4) is 0 Å². The van der Waals surface area contributed by atoms with Crippen LogP contribution in [0.3, 0.4) is 0 Å². The average Bonchev–Trinajstić information content (AvgIpc) is 3.39. The van der Waals surface area contributed by atoms with Crippen LogP contribution >= 0.6 is 0 Å². The molecule has 2 N–H and O–H groups in total. The number of amides is 4. The Kier molecular flexibility index (Phi) is 6.65. The Hall–Kier alpha value is -2.74. The molecule has 1 aliphatic carbocycles. The van der Waals surface area contributed by atoms with Crippen LogP contribution in [0, 0.1) is 11.8 Å². The summed E-state index contributed by atoms with van der Waals surface area (Å²) < 4.78 is 5.52. The highest BCUT2D eigenvalue weighted by Crippen LogP contribution is 2.38. The number of rotatable bonds is 7. The molecule has 2 heterocycles. The van der Waals surface area contributed by atoms with Gasteiger partial charge in [0.2, 0.25) is 17.7 Å². The minimum absolute atomic E-state index is 0.00277. The quantitative estimate of drug-likeness (QED) is 0.649. The molecule has 4 amide bonds. The number of ether oxygens (including phenoxy) is 1. The number of benzene rings is 1. The van der Waals surface area contributed by atoms with Gasteiger partial charge in [0.05, 0.1) is 29.2 Å². The topological polar surface area (TPSA) is 105 Å². The summed E-state index contributed by atoms with van der Waals surface area (Å²) in [4.78, 5) is 51.5. The Morgan fingerprint density at radius 3 is 2.39 bits per heavy atom. The predicted octanol–water partition coefficient (Wildman–Crippen LogP) is 2.10. The van der Waals surface area contributed by atoms with Crippen molar-refractivity contribution in [1.82, 2.24) is 10.2 Å². The van der Waals surface area contributed by atoms with Crippen LogP contribution in [-0.4, -0.2) is 54.3 Å². The fourth-order valence-corrected chi connectivity index (χ4v) is 4.77. The van der Waals surface area contributed by atoms with Gasteiger partial charge in [0.25, 0.3) is 5.91 Å². The molecule has 8 heteroatoms. The molecule has 0 spiro atoms. The van der Waals surface area contributed by atoms with E-state index in [0.717, 1.165) is 45.1 Å². The van der Waals surface area contributed by atoms with E-state index in [-0.39, 0.29) is 54.5 Å². The number of nitrogens with one attached hydrogen (secondary N) is 2. The van der Waals surface area contributed by atoms with Gasteiger partial charge in [-0.3, -0.25) is 24.1 Å². The monoisotopic (exact) mass is 427 g/mol. The lowest BCUT2D eigenvalue weighted by Gasteiger charge is -2.19. The van der Waals surface area contributed by atoms with Crippen molar-refractivity contribution < 1.29 is 23.9 Å². The van der Waals surface area contributed by atoms with E-state index in [9.17, 15) is 19.2 Å². The van der Waals surface area contributed by atoms with E-state index in [4.69, 9.17) is 4.74 Å². The largest absolute Gasteiger partial charge is 0.376 e. The minimum Gasteiger partial charge on any atom is -0.376 e. The van der Waals surface area contributed by atoms with Gasteiger partial charge < -0.3 is 15.4 Å². The van der Waals surface area contributed by atoms with Gasteiger partial charge in [-0.25, -0.2) is 0 Å². The van der Waals surface area contributed by atoms with Crippen LogP contribution in [0.25, 0.3) is 0 Å². The van der Waals surface area contributed by atoms with Gasteiger partial charge >= 0.3 is 0 Å². The van der Waals surface area contributed by atoms with Gasteiger partial charge in [0.15, 0.2) is 0 Å². The van der Waals surface area contributed by atoms with Gasteiger partial charge in [0.1, 0.15) is 0 Å². The van der Waals surface area contributed by atoms with Crippen LogP contribution in [0.5, 0.6) is 0 Å². The Morgan fingerprint density at radius 1 is 1.00 bits per heavy atom. The molecule has 166 valence electrons. The third-order valence-electron chi connectivity index (χ3n) is 6.45. The summed E-state index contributed by atoms with van der Waals surface area (Å²) in [7, 11) is 0. The molecule has 4 rings (SSSR count). The maximum absolute atomic E-state index is 12.6. The number of para-hydroxylation sites is 1. The zero-order chi connectivity index (χ0) is 21.8. The maximum atomic E-state index is 12.6. The molecule has 1 aromatic rings. The standard InChI is InChI=1S/C23H29N3O5/c27-20(11-12-26-22(29)16-7-1-2-8-17(16)23(26)30)25-19-10-4-3-9-18(19)21(28)24-14-15-6-5-13-31-15/h3-4,9-10,15-17H,1-2,5-8,11-14H2,(H,24,28)(H,25,27)/t15-,16-,17+/m1/s1. The van der Waals surface area contributed by atoms with Crippen LogP contribution < -0.4 is 10.6 Å². The highest BCUT2D eigenvalue weighted by molar-refractivity contribution is 6.06. The minimum atomic E-state index is -0.338. The molecular weight excluding hydrogens is 398 g/mol. The average molecular weight is 428 g/mol. The van der Waals surface area contributed by atoms with Crippen molar-refractivity contribution in [3.63, 3.8) is 0 Å².